The van der Waals surface area contributed by atoms with Crippen molar-refractivity contribution < 1.29 is 22.7 Å². The van der Waals surface area contributed by atoms with Gasteiger partial charge < -0.3 is 4.74 Å². The smallest absolute Gasteiger partial charge is 0.324 e. The van der Waals surface area contributed by atoms with E-state index in [1.54, 1.807) is 42.5 Å². The summed E-state index contributed by atoms with van der Waals surface area (Å²) in [5.41, 5.74) is 0.748. The maximum absolute atomic E-state index is 13.4. The summed E-state index contributed by atoms with van der Waals surface area (Å²) in [5, 5.41) is 1.79. The fourth-order valence-corrected chi connectivity index (χ4v) is 5.82. The van der Waals surface area contributed by atoms with Crippen molar-refractivity contribution in [3.8, 4) is 0 Å². The van der Waals surface area contributed by atoms with E-state index in [1.807, 2.05) is 6.07 Å². The van der Waals surface area contributed by atoms with Crippen molar-refractivity contribution in [1.82, 2.24) is 5.32 Å². The van der Waals surface area contributed by atoms with Gasteiger partial charge in [-0.25, -0.2) is 8.42 Å². The standard InChI is InChI=1S/C20H21NO5S/c1-13(22)16-17(14-9-5-3-6-10-14)21-18(20(23)26-2)19(16)27(24,25)15-11-7-4-8-12-15/h3-12,16-19,21H,1-2H3/t16-,17+,18+,19+/m0/s1. The van der Waals surface area contributed by atoms with Crippen LogP contribution in [-0.2, 0) is 24.2 Å². The van der Waals surface area contributed by atoms with Crippen molar-refractivity contribution in [2.75, 3.05) is 7.11 Å². The minimum atomic E-state index is -3.96. The number of ether oxygens (including phenoxy) is 1. The Hall–Kier alpha value is -2.51. The second-order valence-corrected chi connectivity index (χ2v) is 8.62. The molecule has 7 heteroatoms. The molecule has 6 nitrogen and oxygen atoms in total. The lowest BCUT2D eigenvalue weighted by atomic mass is 9.90. The van der Waals surface area contributed by atoms with Crippen LogP contribution in [0.1, 0.15) is 18.5 Å². The quantitative estimate of drug-likeness (QED) is 0.789. The van der Waals surface area contributed by atoms with Crippen LogP contribution >= 0.6 is 0 Å². The minimum absolute atomic E-state index is 0.0747. The highest BCUT2D eigenvalue weighted by atomic mass is 32.2. The average molecular weight is 387 g/mol. The predicted molar refractivity (Wildman–Crippen MR) is 99.7 cm³/mol. The van der Waals surface area contributed by atoms with Gasteiger partial charge in [0.15, 0.2) is 9.84 Å². The van der Waals surface area contributed by atoms with Crippen molar-refractivity contribution in [2.45, 2.75) is 29.2 Å². The third-order valence-electron chi connectivity index (χ3n) is 4.91. The second-order valence-electron chi connectivity index (χ2n) is 6.51. The molecule has 0 saturated carbocycles. The number of Topliss-reactive ketones (excluding diaryl/α,β-unsaturated/α-hetero) is 1. The molecule has 27 heavy (non-hydrogen) atoms. The van der Waals surface area contributed by atoms with Gasteiger partial charge in [-0.15, -0.1) is 0 Å². The molecule has 2 aromatic rings. The number of hydrogen-bond acceptors (Lipinski definition) is 6. The first-order valence-corrected chi connectivity index (χ1v) is 10.1. The molecular formula is C20H21NO5S. The molecule has 3 rings (SSSR count). The molecule has 142 valence electrons. The topological polar surface area (TPSA) is 89.5 Å². The molecule has 1 heterocycles. The Labute approximate surface area is 158 Å². The Morgan fingerprint density at radius 2 is 1.52 bits per heavy atom. The lowest BCUT2D eigenvalue weighted by Gasteiger charge is -2.23. The molecule has 0 amide bonds. The van der Waals surface area contributed by atoms with Gasteiger partial charge in [-0.3, -0.25) is 14.9 Å². The van der Waals surface area contributed by atoms with Crippen LogP contribution in [0.15, 0.2) is 65.6 Å². The van der Waals surface area contributed by atoms with Gasteiger partial charge in [0.1, 0.15) is 17.1 Å². The number of sulfone groups is 1. The molecule has 2 aromatic carbocycles. The Bertz CT molecular complexity index is 927. The van der Waals surface area contributed by atoms with Crippen molar-refractivity contribution in [1.29, 1.82) is 0 Å². The van der Waals surface area contributed by atoms with Crippen molar-refractivity contribution in [2.24, 2.45) is 5.92 Å². The highest BCUT2D eigenvalue weighted by Crippen LogP contribution is 2.40. The molecule has 1 fully saturated rings. The molecule has 4 atom stereocenters. The SMILES string of the molecule is COC(=O)[C@@H]1N[C@H](c2ccccc2)[C@H](C(C)=O)[C@H]1S(=O)(=O)c1ccccc1. The molecule has 1 saturated heterocycles. The number of methoxy groups -OCH3 is 1. The van der Waals surface area contributed by atoms with Gasteiger partial charge >= 0.3 is 5.97 Å². The molecule has 1 aliphatic heterocycles. The van der Waals surface area contributed by atoms with E-state index in [1.165, 1.54) is 26.2 Å². The largest absolute Gasteiger partial charge is 0.468 e. The fourth-order valence-electron chi connectivity index (χ4n) is 3.69. The number of nitrogens with one attached hydrogen (secondary N) is 1. The van der Waals surface area contributed by atoms with E-state index >= 15 is 0 Å². The number of rotatable bonds is 5. The van der Waals surface area contributed by atoms with Gasteiger partial charge in [-0.1, -0.05) is 48.5 Å². The van der Waals surface area contributed by atoms with Crippen LogP contribution in [0.3, 0.4) is 0 Å². The van der Waals surface area contributed by atoms with Crippen LogP contribution in [0.2, 0.25) is 0 Å². The minimum Gasteiger partial charge on any atom is -0.468 e. The number of hydrogen-bond donors (Lipinski definition) is 1. The zero-order chi connectivity index (χ0) is 19.6. The first-order valence-electron chi connectivity index (χ1n) is 8.56. The number of ketones is 1. The molecule has 0 aromatic heterocycles. The summed E-state index contributed by atoms with van der Waals surface area (Å²) >= 11 is 0. The van der Waals surface area contributed by atoms with Crippen LogP contribution < -0.4 is 5.32 Å². The van der Waals surface area contributed by atoms with Crippen LogP contribution in [0.5, 0.6) is 0 Å². The molecule has 0 aliphatic carbocycles. The third-order valence-corrected chi connectivity index (χ3v) is 7.13. The Morgan fingerprint density at radius 1 is 0.963 bits per heavy atom. The molecule has 0 radical (unpaired) electrons. The van der Waals surface area contributed by atoms with Gasteiger partial charge in [0.2, 0.25) is 0 Å². The summed E-state index contributed by atoms with van der Waals surface area (Å²) in [6.07, 6.45) is 0. The number of carbonyl (C=O) groups is 2. The van der Waals surface area contributed by atoms with E-state index in [0.29, 0.717) is 0 Å². The van der Waals surface area contributed by atoms with Gasteiger partial charge in [-0.05, 0) is 24.6 Å². The van der Waals surface area contributed by atoms with Crippen molar-refractivity contribution >= 4 is 21.6 Å². The van der Waals surface area contributed by atoms with E-state index in [9.17, 15) is 18.0 Å². The van der Waals surface area contributed by atoms with Crippen molar-refractivity contribution in [3.05, 3.63) is 66.2 Å². The lowest BCUT2D eigenvalue weighted by Crippen LogP contribution is -2.45. The summed E-state index contributed by atoms with van der Waals surface area (Å²) in [7, 11) is -2.76. The highest BCUT2D eigenvalue weighted by molar-refractivity contribution is 7.92. The molecule has 0 unspecified atom stereocenters. The first-order chi connectivity index (χ1) is 12.9. The summed E-state index contributed by atoms with van der Waals surface area (Å²) in [6.45, 7) is 1.36. The molecule has 0 bridgehead atoms. The molecule has 0 spiro atoms. The van der Waals surface area contributed by atoms with Gasteiger partial charge in [0.05, 0.1) is 17.9 Å². The van der Waals surface area contributed by atoms with Crippen LogP contribution in [0.25, 0.3) is 0 Å². The number of carbonyl (C=O) groups excluding carboxylic acids is 2. The number of benzene rings is 2. The second kappa shape index (κ2) is 7.62. The maximum atomic E-state index is 13.4. The monoisotopic (exact) mass is 387 g/mol. The molecular weight excluding hydrogens is 366 g/mol. The van der Waals surface area contributed by atoms with Crippen LogP contribution in [0.4, 0.5) is 0 Å². The van der Waals surface area contributed by atoms with E-state index < -0.39 is 39.1 Å². The van der Waals surface area contributed by atoms with Crippen LogP contribution in [-0.4, -0.2) is 38.6 Å². The van der Waals surface area contributed by atoms with Gasteiger partial charge in [0, 0.05) is 6.04 Å². The maximum Gasteiger partial charge on any atom is 0.324 e. The Balaban J connectivity index is 2.15. The normalized spacial score (nSPS) is 25.1. The lowest BCUT2D eigenvalue weighted by molar-refractivity contribution is -0.142. The summed E-state index contributed by atoms with van der Waals surface area (Å²) in [5.74, 6) is -1.92. The van der Waals surface area contributed by atoms with Gasteiger partial charge in [-0.2, -0.15) is 0 Å². The van der Waals surface area contributed by atoms with Gasteiger partial charge in [0.25, 0.3) is 0 Å². The zero-order valence-electron chi connectivity index (χ0n) is 15.0. The van der Waals surface area contributed by atoms with E-state index in [4.69, 9.17) is 4.74 Å². The third kappa shape index (κ3) is 3.52. The van der Waals surface area contributed by atoms with E-state index in [0.717, 1.165) is 5.56 Å². The summed E-state index contributed by atoms with van der Waals surface area (Å²) in [4.78, 5) is 25.0. The Kier molecular flexibility index (Phi) is 5.43. The zero-order valence-corrected chi connectivity index (χ0v) is 15.8. The first kappa shape index (κ1) is 19.3. The Morgan fingerprint density at radius 3 is 2.04 bits per heavy atom. The summed E-state index contributed by atoms with van der Waals surface area (Å²) in [6, 6.07) is 15.2. The van der Waals surface area contributed by atoms with E-state index in [2.05, 4.69) is 5.32 Å². The predicted octanol–water partition coefficient (Wildman–Crippen LogP) is 1.92. The van der Waals surface area contributed by atoms with Crippen molar-refractivity contribution in [3.63, 3.8) is 0 Å². The number of esters is 1. The van der Waals surface area contributed by atoms with E-state index in [-0.39, 0.29) is 10.7 Å². The molecule has 1 aliphatic rings. The van der Waals surface area contributed by atoms with Crippen LogP contribution in [0, 0.1) is 5.92 Å². The average Bonchev–Trinajstić information content (AvgIpc) is 3.10. The summed E-state index contributed by atoms with van der Waals surface area (Å²) < 4.78 is 31.5. The fraction of sp³-hybridized carbons (Fsp3) is 0.300. The molecule has 1 N–H and O–H groups in total. The highest BCUT2D eigenvalue weighted by Gasteiger charge is 2.55.